The van der Waals surface area contributed by atoms with E-state index in [4.69, 9.17) is 0 Å². The number of aromatic nitrogens is 1. The van der Waals surface area contributed by atoms with Gasteiger partial charge in [0.15, 0.2) is 0 Å². The van der Waals surface area contributed by atoms with Crippen molar-refractivity contribution < 1.29 is 9.59 Å². The fourth-order valence-electron chi connectivity index (χ4n) is 3.37. The molecule has 2 aromatic rings. The SMILES string of the molecule is CN1N=C(C(=O)N2CCc3[nH]c4ccc(Br)cc4c3C2)CCC1=O. The number of hydrazone groups is 1. The van der Waals surface area contributed by atoms with Crippen LogP contribution in [0.25, 0.3) is 10.9 Å². The highest BCUT2D eigenvalue weighted by Gasteiger charge is 2.29. The molecule has 1 N–H and O–H groups in total. The minimum absolute atomic E-state index is 0.0473. The fraction of sp³-hybridized carbons (Fsp3) is 0.353. The number of hydrogen-bond donors (Lipinski definition) is 1. The molecule has 24 heavy (non-hydrogen) atoms. The monoisotopic (exact) mass is 388 g/mol. The van der Waals surface area contributed by atoms with Crippen molar-refractivity contribution in [2.45, 2.75) is 25.8 Å². The van der Waals surface area contributed by atoms with E-state index in [0.29, 0.717) is 31.6 Å². The van der Waals surface area contributed by atoms with E-state index in [1.165, 1.54) is 16.3 Å². The van der Waals surface area contributed by atoms with Gasteiger partial charge < -0.3 is 9.88 Å². The summed E-state index contributed by atoms with van der Waals surface area (Å²) in [4.78, 5) is 29.6. The molecule has 1 aromatic carbocycles. The topological polar surface area (TPSA) is 68.8 Å². The summed E-state index contributed by atoms with van der Waals surface area (Å²) < 4.78 is 1.03. The molecule has 2 amide bonds. The molecule has 0 saturated heterocycles. The van der Waals surface area contributed by atoms with Gasteiger partial charge in [0.05, 0.1) is 0 Å². The first kappa shape index (κ1) is 15.4. The second-order valence-corrected chi connectivity index (χ2v) is 7.13. The average molecular weight is 389 g/mol. The Hall–Kier alpha value is -2.15. The second-order valence-electron chi connectivity index (χ2n) is 6.21. The zero-order valence-electron chi connectivity index (χ0n) is 13.3. The maximum absolute atomic E-state index is 12.8. The Morgan fingerprint density at radius 1 is 1.29 bits per heavy atom. The standard InChI is InChI=1S/C17H17BrN4O2/c1-21-16(23)5-4-15(20-21)17(24)22-7-6-14-12(9-22)11-8-10(18)2-3-13(11)19-14/h2-3,8,19H,4-7,9H2,1H3. The minimum Gasteiger partial charge on any atom is -0.358 e. The highest BCUT2D eigenvalue weighted by molar-refractivity contribution is 9.10. The van der Waals surface area contributed by atoms with Crippen molar-refractivity contribution in [3.8, 4) is 0 Å². The van der Waals surface area contributed by atoms with Gasteiger partial charge in [0, 0.05) is 66.0 Å². The van der Waals surface area contributed by atoms with Gasteiger partial charge >= 0.3 is 0 Å². The lowest BCUT2D eigenvalue weighted by Crippen LogP contribution is -2.42. The Morgan fingerprint density at radius 3 is 2.92 bits per heavy atom. The third kappa shape index (κ3) is 2.53. The van der Waals surface area contributed by atoms with Crippen LogP contribution in [0.2, 0.25) is 0 Å². The Balaban J connectivity index is 1.63. The first-order valence-corrected chi connectivity index (χ1v) is 8.74. The number of amides is 2. The van der Waals surface area contributed by atoms with Crippen molar-refractivity contribution in [1.82, 2.24) is 14.9 Å². The van der Waals surface area contributed by atoms with E-state index in [2.05, 4.69) is 38.1 Å². The second kappa shape index (κ2) is 5.73. The molecule has 0 aliphatic carbocycles. The highest BCUT2D eigenvalue weighted by Crippen LogP contribution is 2.30. The van der Waals surface area contributed by atoms with Gasteiger partial charge in [-0.25, -0.2) is 5.01 Å². The van der Waals surface area contributed by atoms with Gasteiger partial charge in [-0.05, 0) is 18.2 Å². The quantitative estimate of drug-likeness (QED) is 0.814. The van der Waals surface area contributed by atoms with Crippen molar-refractivity contribution in [2.75, 3.05) is 13.6 Å². The van der Waals surface area contributed by atoms with Crippen molar-refractivity contribution in [2.24, 2.45) is 5.10 Å². The molecule has 2 aliphatic rings. The molecule has 4 rings (SSSR count). The van der Waals surface area contributed by atoms with E-state index in [1.807, 2.05) is 11.0 Å². The largest absolute Gasteiger partial charge is 0.358 e. The third-order valence-electron chi connectivity index (χ3n) is 4.68. The Bertz CT molecular complexity index is 886. The molecule has 0 bridgehead atoms. The molecule has 124 valence electrons. The molecule has 0 unspecified atom stereocenters. The van der Waals surface area contributed by atoms with Crippen LogP contribution >= 0.6 is 15.9 Å². The number of rotatable bonds is 1. The van der Waals surface area contributed by atoms with Gasteiger partial charge in [-0.2, -0.15) is 5.10 Å². The summed E-state index contributed by atoms with van der Waals surface area (Å²) in [6.45, 7) is 1.23. The summed E-state index contributed by atoms with van der Waals surface area (Å²) >= 11 is 3.51. The Kier molecular flexibility index (Phi) is 3.68. The zero-order valence-corrected chi connectivity index (χ0v) is 14.9. The summed E-state index contributed by atoms with van der Waals surface area (Å²) in [7, 11) is 1.60. The molecular formula is C17H17BrN4O2. The molecule has 6 nitrogen and oxygen atoms in total. The smallest absolute Gasteiger partial charge is 0.270 e. The number of H-pyrrole nitrogens is 1. The Morgan fingerprint density at radius 2 is 2.12 bits per heavy atom. The van der Waals surface area contributed by atoms with Crippen LogP contribution in [-0.4, -0.2) is 46.0 Å². The molecule has 3 heterocycles. The molecule has 1 aromatic heterocycles. The molecule has 0 radical (unpaired) electrons. The van der Waals surface area contributed by atoms with Crippen LogP contribution in [0.3, 0.4) is 0 Å². The number of carbonyl (C=O) groups is 2. The predicted octanol–water partition coefficient (Wildman–Crippen LogP) is 2.42. The van der Waals surface area contributed by atoms with E-state index in [9.17, 15) is 9.59 Å². The lowest BCUT2D eigenvalue weighted by Gasteiger charge is -2.29. The summed E-state index contributed by atoms with van der Waals surface area (Å²) in [6.07, 6.45) is 1.57. The van der Waals surface area contributed by atoms with Gasteiger partial charge in [-0.3, -0.25) is 9.59 Å². The zero-order chi connectivity index (χ0) is 16.8. The number of hydrogen-bond acceptors (Lipinski definition) is 3. The number of aromatic amines is 1. The lowest BCUT2D eigenvalue weighted by molar-refractivity contribution is -0.130. The normalized spacial score (nSPS) is 17.9. The van der Waals surface area contributed by atoms with Crippen LogP contribution in [0.1, 0.15) is 24.1 Å². The first-order valence-electron chi connectivity index (χ1n) is 7.95. The van der Waals surface area contributed by atoms with Crippen molar-refractivity contribution in [3.63, 3.8) is 0 Å². The molecular weight excluding hydrogens is 372 g/mol. The van der Waals surface area contributed by atoms with Crippen molar-refractivity contribution in [1.29, 1.82) is 0 Å². The van der Waals surface area contributed by atoms with Crippen molar-refractivity contribution >= 4 is 44.4 Å². The number of benzene rings is 1. The van der Waals surface area contributed by atoms with E-state index < -0.39 is 0 Å². The molecule has 0 saturated carbocycles. The van der Waals surface area contributed by atoms with E-state index in [1.54, 1.807) is 7.05 Å². The van der Waals surface area contributed by atoms with E-state index in [0.717, 1.165) is 21.8 Å². The van der Waals surface area contributed by atoms with Crippen LogP contribution in [-0.2, 0) is 22.6 Å². The van der Waals surface area contributed by atoms with Crippen LogP contribution in [0.4, 0.5) is 0 Å². The molecule has 7 heteroatoms. The highest BCUT2D eigenvalue weighted by atomic mass is 79.9. The minimum atomic E-state index is -0.0654. The molecule has 2 aliphatic heterocycles. The Labute approximate surface area is 147 Å². The summed E-state index contributed by atoms with van der Waals surface area (Å²) in [5.41, 5.74) is 3.94. The first-order chi connectivity index (χ1) is 11.5. The van der Waals surface area contributed by atoms with Gasteiger partial charge in [-0.15, -0.1) is 0 Å². The summed E-state index contributed by atoms with van der Waals surface area (Å²) in [5, 5.41) is 6.57. The van der Waals surface area contributed by atoms with Gasteiger partial charge in [0.2, 0.25) is 5.91 Å². The van der Waals surface area contributed by atoms with Crippen LogP contribution in [0.5, 0.6) is 0 Å². The van der Waals surface area contributed by atoms with Crippen LogP contribution in [0, 0.1) is 0 Å². The van der Waals surface area contributed by atoms with Crippen LogP contribution in [0.15, 0.2) is 27.8 Å². The lowest BCUT2D eigenvalue weighted by atomic mass is 10.0. The van der Waals surface area contributed by atoms with Crippen molar-refractivity contribution in [3.05, 3.63) is 33.9 Å². The van der Waals surface area contributed by atoms with Gasteiger partial charge in [-0.1, -0.05) is 15.9 Å². The summed E-state index contributed by atoms with van der Waals surface area (Å²) in [5.74, 6) is -0.113. The number of nitrogens with zero attached hydrogens (tertiary/aromatic N) is 3. The summed E-state index contributed by atoms with van der Waals surface area (Å²) in [6, 6.07) is 6.15. The number of nitrogens with one attached hydrogen (secondary N) is 1. The number of fused-ring (bicyclic) bond motifs is 3. The number of carbonyl (C=O) groups excluding carboxylic acids is 2. The predicted molar refractivity (Wildman–Crippen MR) is 94.6 cm³/mol. The van der Waals surface area contributed by atoms with E-state index >= 15 is 0 Å². The fourth-order valence-corrected chi connectivity index (χ4v) is 3.73. The average Bonchev–Trinajstić information content (AvgIpc) is 2.94. The molecule has 0 atom stereocenters. The van der Waals surface area contributed by atoms with E-state index in [-0.39, 0.29) is 11.8 Å². The maximum Gasteiger partial charge on any atom is 0.270 e. The molecule has 0 spiro atoms. The maximum atomic E-state index is 12.8. The van der Waals surface area contributed by atoms with Crippen LogP contribution < -0.4 is 0 Å². The number of halogens is 1. The van der Waals surface area contributed by atoms with Gasteiger partial charge in [0.25, 0.3) is 5.91 Å². The van der Waals surface area contributed by atoms with Gasteiger partial charge in [0.1, 0.15) is 5.71 Å². The third-order valence-corrected chi connectivity index (χ3v) is 5.17. The molecule has 0 fully saturated rings.